The highest BCUT2D eigenvalue weighted by Crippen LogP contribution is 2.27. The summed E-state index contributed by atoms with van der Waals surface area (Å²) in [6, 6.07) is 5.60. The molecule has 0 saturated heterocycles. The van der Waals surface area contributed by atoms with Crippen LogP contribution in [0.5, 0.6) is 5.75 Å². The first-order valence-electron chi connectivity index (χ1n) is 5.05. The summed E-state index contributed by atoms with van der Waals surface area (Å²) >= 11 is 0. The minimum atomic E-state index is -0.0596. The Kier molecular flexibility index (Phi) is 5.69. The van der Waals surface area contributed by atoms with Gasteiger partial charge in [0, 0.05) is 11.6 Å². The van der Waals surface area contributed by atoms with Gasteiger partial charge in [-0.1, -0.05) is 26.0 Å². The van der Waals surface area contributed by atoms with Gasteiger partial charge in [-0.2, -0.15) is 0 Å². The molecule has 0 radical (unpaired) electrons. The maximum atomic E-state index is 9.69. The molecule has 0 spiro atoms. The molecule has 0 aromatic heterocycles. The lowest BCUT2D eigenvalue weighted by molar-refractivity contribution is 0.445. The molecule has 86 valence electrons. The van der Waals surface area contributed by atoms with Crippen molar-refractivity contribution in [3.63, 3.8) is 0 Å². The van der Waals surface area contributed by atoms with Gasteiger partial charge in [0.15, 0.2) is 0 Å². The van der Waals surface area contributed by atoms with Crippen LogP contribution < -0.4 is 5.73 Å². The average molecular weight is 230 g/mol. The summed E-state index contributed by atoms with van der Waals surface area (Å²) in [5.41, 5.74) is 7.90. The zero-order valence-electron chi connectivity index (χ0n) is 9.53. The normalized spacial score (nSPS) is 12.3. The Morgan fingerprint density at radius 3 is 2.40 bits per heavy atom. The van der Waals surface area contributed by atoms with Crippen LogP contribution in [0.2, 0.25) is 0 Å². The number of phenolic OH excluding ortho intramolecular Hbond substituents is 1. The van der Waals surface area contributed by atoms with E-state index >= 15 is 0 Å². The Morgan fingerprint density at radius 2 is 1.93 bits per heavy atom. The van der Waals surface area contributed by atoms with E-state index < -0.39 is 0 Å². The first-order valence-corrected chi connectivity index (χ1v) is 5.05. The van der Waals surface area contributed by atoms with E-state index in [-0.39, 0.29) is 18.4 Å². The predicted molar refractivity (Wildman–Crippen MR) is 66.5 cm³/mol. The smallest absolute Gasteiger partial charge is 0.120 e. The number of hydrogen-bond donors (Lipinski definition) is 2. The van der Waals surface area contributed by atoms with Gasteiger partial charge < -0.3 is 10.8 Å². The van der Waals surface area contributed by atoms with Crippen LogP contribution in [-0.4, -0.2) is 5.11 Å². The molecule has 0 heterocycles. The summed E-state index contributed by atoms with van der Waals surface area (Å²) in [5, 5.41) is 9.69. The fourth-order valence-electron chi connectivity index (χ4n) is 1.60. The largest absolute Gasteiger partial charge is 0.508 e. The number of halogens is 1. The maximum Gasteiger partial charge on any atom is 0.120 e. The molecule has 3 N–H and O–H groups in total. The molecule has 0 aliphatic heterocycles. The monoisotopic (exact) mass is 229 g/mol. The van der Waals surface area contributed by atoms with E-state index in [1.807, 2.05) is 19.1 Å². The summed E-state index contributed by atoms with van der Waals surface area (Å²) in [6.45, 7) is 6.22. The van der Waals surface area contributed by atoms with Crippen molar-refractivity contribution in [1.29, 1.82) is 0 Å². The third-order valence-electron chi connectivity index (χ3n) is 2.31. The fourth-order valence-corrected chi connectivity index (χ4v) is 1.60. The van der Waals surface area contributed by atoms with E-state index in [9.17, 15) is 5.11 Å². The van der Waals surface area contributed by atoms with E-state index in [4.69, 9.17) is 5.73 Å². The van der Waals surface area contributed by atoms with Crippen LogP contribution in [0.4, 0.5) is 0 Å². The lowest BCUT2D eigenvalue weighted by Gasteiger charge is -2.15. The summed E-state index contributed by atoms with van der Waals surface area (Å²) in [6.07, 6.45) is 0.899. The van der Waals surface area contributed by atoms with Crippen LogP contribution in [0.1, 0.15) is 37.4 Å². The molecule has 1 aromatic carbocycles. The highest BCUT2D eigenvalue weighted by Gasteiger charge is 2.11. The fraction of sp³-hybridized carbons (Fsp3) is 0.500. The number of rotatable bonds is 3. The van der Waals surface area contributed by atoms with Crippen molar-refractivity contribution in [3.05, 3.63) is 29.3 Å². The molecular formula is C12H20ClNO. The van der Waals surface area contributed by atoms with Crippen molar-refractivity contribution in [3.8, 4) is 5.75 Å². The van der Waals surface area contributed by atoms with Gasteiger partial charge in [-0.05, 0) is 30.9 Å². The number of benzene rings is 1. The van der Waals surface area contributed by atoms with Crippen molar-refractivity contribution < 1.29 is 5.11 Å². The lowest BCUT2D eigenvalue weighted by Crippen LogP contribution is -2.13. The van der Waals surface area contributed by atoms with Crippen molar-refractivity contribution in [2.45, 2.75) is 33.2 Å². The van der Waals surface area contributed by atoms with E-state index in [2.05, 4.69) is 13.8 Å². The van der Waals surface area contributed by atoms with Gasteiger partial charge in [0.05, 0.1) is 0 Å². The molecule has 15 heavy (non-hydrogen) atoms. The van der Waals surface area contributed by atoms with Crippen LogP contribution in [-0.2, 0) is 0 Å². The number of phenols is 1. The molecule has 1 atom stereocenters. The summed E-state index contributed by atoms with van der Waals surface area (Å²) in [7, 11) is 0. The second-order valence-corrected chi connectivity index (χ2v) is 4.30. The highest BCUT2D eigenvalue weighted by molar-refractivity contribution is 5.85. The standard InChI is InChI=1S/C12H19NO.ClH/c1-8(2)6-11(13)10-5-4-9(3)7-12(10)14;/h4-5,7-8,11,14H,6,13H2,1-3H3;1H/t11-;/m0./s1. The third-order valence-corrected chi connectivity index (χ3v) is 2.31. The molecule has 2 nitrogen and oxygen atoms in total. The molecule has 0 aliphatic rings. The molecule has 1 rings (SSSR count). The minimum Gasteiger partial charge on any atom is -0.508 e. The average Bonchev–Trinajstić information content (AvgIpc) is 2.01. The molecule has 1 aromatic rings. The molecule has 0 bridgehead atoms. The number of aryl methyl sites for hydroxylation is 1. The Morgan fingerprint density at radius 1 is 1.33 bits per heavy atom. The van der Waals surface area contributed by atoms with Crippen LogP contribution in [0.15, 0.2) is 18.2 Å². The quantitative estimate of drug-likeness (QED) is 0.837. The third kappa shape index (κ3) is 4.10. The van der Waals surface area contributed by atoms with Gasteiger partial charge in [0.2, 0.25) is 0 Å². The molecule has 0 saturated carbocycles. The molecular weight excluding hydrogens is 210 g/mol. The van der Waals surface area contributed by atoms with E-state index in [0.29, 0.717) is 11.7 Å². The highest BCUT2D eigenvalue weighted by atomic mass is 35.5. The molecule has 0 aliphatic carbocycles. The first kappa shape index (κ1) is 14.3. The summed E-state index contributed by atoms with van der Waals surface area (Å²) in [4.78, 5) is 0. The van der Waals surface area contributed by atoms with Crippen LogP contribution in [0.3, 0.4) is 0 Å². The van der Waals surface area contributed by atoms with Gasteiger partial charge in [-0.25, -0.2) is 0 Å². The first-order chi connectivity index (χ1) is 6.50. The predicted octanol–water partition coefficient (Wildman–Crippen LogP) is 3.17. The van der Waals surface area contributed by atoms with Crippen molar-refractivity contribution in [1.82, 2.24) is 0 Å². The van der Waals surface area contributed by atoms with Gasteiger partial charge >= 0.3 is 0 Å². The van der Waals surface area contributed by atoms with Crippen molar-refractivity contribution in [2.75, 3.05) is 0 Å². The molecule has 0 amide bonds. The maximum absolute atomic E-state index is 9.69. The zero-order chi connectivity index (χ0) is 10.7. The topological polar surface area (TPSA) is 46.2 Å². The number of nitrogens with two attached hydrogens (primary N) is 1. The summed E-state index contributed by atoms with van der Waals surface area (Å²) in [5.74, 6) is 0.865. The minimum absolute atomic E-state index is 0. The van der Waals surface area contributed by atoms with Gasteiger partial charge in [0.1, 0.15) is 5.75 Å². The van der Waals surface area contributed by atoms with E-state index in [1.165, 1.54) is 0 Å². The Balaban J connectivity index is 0.00000196. The van der Waals surface area contributed by atoms with E-state index in [1.54, 1.807) is 6.07 Å². The van der Waals surface area contributed by atoms with E-state index in [0.717, 1.165) is 17.5 Å². The Labute approximate surface area is 97.9 Å². The second-order valence-electron chi connectivity index (χ2n) is 4.30. The molecule has 0 unspecified atom stereocenters. The second kappa shape index (κ2) is 5.99. The zero-order valence-corrected chi connectivity index (χ0v) is 10.3. The van der Waals surface area contributed by atoms with Crippen molar-refractivity contribution in [2.24, 2.45) is 11.7 Å². The summed E-state index contributed by atoms with van der Waals surface area (Å²) < 4.78 is 0. The Hall–Kier alpha value is -0.730. The lowest BCUT2D eigenvalue weighted by atomic mass is 9.96. The SMILES string of the molecule is Cc1ccc([C@@H](N)CC(C)C)c(O)c1.Cl. The number of hydrogen-bond acceptors (Lipinski definition) is 2. The van der Waals surface area contributed by atoms with Crippen molar-refractivity contribution >= 4 is 12.4 Å². The number of aromatic hydroxyl groups is 1. The van der Waals surface area contributed by atoms with Gasteiger partial charge in [-0.15, -0.1) is 12.4 Å². The molecule has 3 heteroatoms. The van der Waals surface area contributed by atoms with Crippen LogP contribution in [0, 0.1) is 12.8 Å². The van der Waals surface area contributed by atoms with Gasteiger partial charge in [0.25, 0.3) is 0 Å². The molecule has 0 fully saturated rings. The van der Waals surface area contributed by atoms with Gasteiger partial charge in [-0.3, -0.25) is 0 Å². The van der Waals surface area contributed by atoms with Crippen LogP contribution >= 0.6 is 12.4 Å². The Bertz CT molecular complexity index is 312. The van der Waals surface area contributed by atoms with Crippen LogP contribution in [0.25, 0.3) is 0 Å².